The first kappa shape index (κ1) is 12.0. The molecule has 2 N–H and O–H groups in total. The molecule has 0 aliphatic rings. The zero-order valence-corrected chi connectivity index (χ0v) is 11.0. The monoisotopic (exact) mass is 255 g/mol. The number of nitrogens with zero attached hydrogens (tertiary/aromatic N) is 2. The molecule has 4 heteroatoms. The number of aromatic nitrogens is 2. The van der Waals surface area contributed by atoms with Gasteiger partial charge >= 0.3 is 0 Å². The molecule has 0 fully saturated rings. The predicted octanol–water partition coefficient (Wildman–Crippen LogP) is 2.41. The lowest BCUT2D eigenvalue weighted by molar-refractivity contribution is 0.505. The molecule has 4 nitrogen and oxygen atoms in total. The number of hydrogen-bond donors (Lipinski definition) is 1. The molecular weight excluding hydrogens is 238 g/mol. The Morgan fingerprint density at radius 3 is 2.89 bits per heavy atom. The predicted molar refractivity (Wildman–Crippen MR) is 74.7 cm³/mol. The average Bonchev–Trinajstić information content (AvgIpc) is 3.04. The number of nitrogens with two attached hydrogens (primary N) is 1. The first-order chi connectivity index (χ1) is 9.28. The van der Waals surface area contributed by atoms with Gasteiger partial charge in [0.1, 0.15) is 11.6 Å². The second kappa shape index (κ2) is 4.90. The van der Waals surface area contributed by atoms with Crippen molar-refractivity contribution in [2.45, 2.75) is 19.4 Å². The average molecular weight is 255 g/mol. The lowest BCUT2D eigenvalue weighted by atomic mass is 10.2. The zero-order valence-electron chi connectivity index (χ0n) is 11.0. The standard InChI is InChI=1S/C15H17N3O/c1-18-14-6-4-11(10-16)9-13(14)17-15(18)7-5-12-3-2-8-19-12/h2-4,6,8-9H,5,7,10,16H2,1H3. The molecule has 3 aromatic rings. The minimum Gasteiger partial charge on any atom is -0.469 e. The lowest BCUT2D eigenvalue weighted by Crippen LogP contribution is -1.99. The van der Waals surface area contributed by atoms with Crippen molar-refractivity contribution in [3.63, 3.8) is 0 Å². The maximum atomic E-state index is 5.66. The highest BCUT2D eigenvalue weighted by molar-refractivity contribution is 5.76. The number of rotatable bonds is 4. The normalized spacial score (nSPS) is 11.3. The zero-order chi connectivity index (χ0) is 13.2. The molecule has 0 atom stereocenters. The van der Waals surface area contributed by atoms with Gasteiger partial charge in [0.25, 0.3) is 0 Å². The van der Waals surface area contributed by atoms with Crippen molar-refractivity contribution in [3.8, 4) is 0 Å². The highest BCUT2D eigenvalue weighted by atomic mass is 16.3. The number of hydrogen-bond acceptors (Lipinski definition) is 3. The van der Waals surface area contributed by atoms with E-state index in [0.29, 0.717) is 6.54 Å². The summed E-state index contributed by atoms with van der Waals surface area (Å²) in [6, 6.07) is 10.1. The first-order valence-electron chi connectivity index (χ1n) is 6.44. The molecule has 0 unspecified atom stereocenters. The van der Waals surface area contributed by atoms with Crippen molar-refractivity contribution < 1.29 is 4.42 Å². The minimum atomic E-state index is 0.550. The maximum Gasteiger partial charge on any atom is 0.110 e. The van der Waals surface area contributed by atoms with Gasteiger partial charge in [0.15, 0.2) is 0 Å². The molecule has 2 heterocycles. The Bertz CT molecular complexity index is 683. The number of furan rings is 1. The molecule has 0 saturated heterocycles. The number of aryl methyl sites for hydroxylation is 3. The molecule has 0 aliphatic carbocycles. The van der Waals surface area contributed by atoms with Gasteiger partial charge in [-0.2, -0.15) is 0 Å². The molecule has 98 valence electrons. The Labute approximate surface area is 111 Å². The van der Waals surface area contributed by atoms with E-state index in [9.17, 15) is 0 Å². The molecular formula is C15H17N3O. The summed E-state index contributed by atoms with van der Waals surface area (Å²) in [6.07, 6.45) is 3.45. The summed E-state index contributed by atoms with van der Waals surface area (Å²) in [5, 5.41) is 0. The molecule has 19 heavy (non-hydrogen) atoms. The van der Waals surface area contributed by atoms with Gasteiger partial charge in [-0.05, 0) is 29.8 Å². The Hall–Kier alpha value is -2.07. The van der Waals surface area contributed by atoms with Crippen LogP contribution in [-0.2, 0) is 26.4 Å². The van der Waals surface area contributed by atoms with Gasteiger partial charge in [0.05, 0.1) is 17.3 Å². The van der Waals surface area contributed by atoms with Crippen molar-refractivity contribution in [3.05, 3.63) is 53.7 Å². The first-order valence-corrected chi connectivity index (χ1v) is 6.44. The van der Waals surface area contributed by atoms with Gasteiger partial charge in [-0.3, -0.25) is 0 Å². The summed E-state index contributed by atoms with van der Waals surface area (Å²) in [5.41, 5.74) is 8.93. The number of imidazole rings is 1. The van der Waals surface area contributed by atoms with Crippen LogP contribution in [0.25, 0.3) is 11.0 Å². The van der Waals surface area contributed by atoms with E-state index < -0.39 is 0 Å². The van der Waals surface area contributed by atoms with E-state index in [4.69, 9.17) is 10.2 Å². The van der Waals surface area contributed by atoms with E-state index in [0.717, 1.165) is 41.0 Å². The third-order valence-corrected chi connectivity index (χ3v) is 3.45. The fourth-order valence-electron chi connectivity index (χ4n) is 2.34. The highest BCUT2D eigenvalue weighted by Gasteiger charge is 2.08. The van der Waals surface area contributed by atoms with Crippen molar-refractivity contribution in [1.29, 1.82) is 0 Å². The molecule has 0 radical (unpaired) electrons. The second-order valence-electron chi connectivity index (χ2n) is 4.69. The van der Waals surface area contributed by atoms with Gasteiger partial charge in [-0.25, -0.2) is 4.98 Å². The van der Waals surface area contributed by atoms with Gasteiger partial charge < -0.3 is 14.7 Å². The fraction of sp³-hybridized carbons (Fsp3) is 0.267. The van der Waals surface area contributed by atoms with E-state index in [1.165, 1.54) is 0 Å². The van der Waals surface area contributed by atoms with Crippen LogP contribution in [0.3, 0.4) is 0 Å². The SMILES string of the molecule is Cn1c(CCc2ccco2)nc2cc(CN)ccc21. The van der Waals surface area contributed by atoms with Crippen molar-refractivity contribution in [1.82, 2.24) is 9.55 Å². The van der Waals surface area contributed by atoms with Crippen molar-refractivity contribution in [2.24, 2.45) is 12.8 Å². The summed E-state index contributed by atoms with van der Waals surface area (Å²) in [7, 11) is 2.05. The molecule has 0 aliphatic heterocycles. The topological polar surface area (TPSA) is 57.0 Å². The highest BCUT2D eigenvalue weighted by Crippen LogP contribution is 2.18. The van der Waals surface area contributed by atoms with Crippen LogP contribution in [0, 0.1) is 0 Å². The van der Waals surface area contributed by atoms with E-state index in [1.807, 2.05) is 12.1 Å². The Kier molecular flexibility index (Phi) is 3.09. The fourth-order valence-corrected chi connectivity index (χ4v) is 2.34. The van der Waals surface area contributed by atoms with Gasteiger partial charge in [-0.1, -0.05) is 6.07 Å². The maximum absolute atomic E-state index is 5.66. The largest absolute Gasteiger partial charge is 0.469 e. The lowest BCUT2D eigenvalue weighted by Gasteiger charge is -2.01. The second-order valence-corrected chi connectivity index (χ2v) is 4.69. The van der Waals surface area contributed by atoms with Crippen molar-refractivity contribution in [2.75, 3.05) is 0 Å². The summed E-state index contributed by atoms with van der Waals surface area (Å²) in [5.74, 6) is 2.07. The van der Waals surface area contributed by atoms with Crippen LogP contribution in [-0.4, -0.2) is 9.55 Å². The quantitative estimate of drug-likeness (QED) is 0.779. The van der Waals surface area contributed by atoms with Gasteiger partial charge in [0.2, 0.25) is 0 Å². The van der Waals surface area contributed by atoms with E-state index in [1.54, 1.807) is 6.26 Å². The Morgan fingerprint density at radius 2 is 2.16 bits per heavy atom. The molecule has 3 rings (SSSR count). The smallest absolute Gasteiger partial charge is 0.110 e. The van der Waals surface area contributed by atoms with Gasteiger partial charge in [0, 0.05) is 26.4 Å². The molecule has 0 bridgehead atoms. The summed E-state index contributed by atoms with van der Waals surface area (Å²) < 4.78 is 7.49. The third-order valence-electron chi connectivity index (χ3n) is 3.45. The Balaban J connectivity index is 1.89. The molecule has 2 aromatic heterocycles. The van der Waals surface area contributed by atoms with Crippen LogP contribution in [0.2, 0.25) is 0 Å². The van der Waals surface area contributed by atoms with Crippen LogP contribution in [0.1, 0.15) is 17.1 Å². The molecule has 0 saturated carbocycles. The Morgan fingerprint density at radius 1 is 1.26 bits per heavy atom. The molecule has 0 spiro atoms. The number of benzene rings is 1. The third kappa shape index (κ3) is 2.27. The van der Waals surface area contributed by atoms with Gasteiger partial charge in [-0.15, -0.1) is 0 Å². The van der Waals surface area contributed by atoms with Crippen LogP contribution >= 0.6 is 0 Å². The van der Waals surface area contributed by atoms with E-state index in [-0.39, 0.29) is 0 Å². The van der Waals surface area contributed by atoms with Crippen molar-refractivity contribution >= 4 is 11.0 Å². The summed E-state index contributed by atoms with van der Waals surface area (Å²) >= 11 is 0. The van der Waals surface area contributed by atoms with Crippen LogP contribution in [0.5, 0.6) is 0 Å². The summed E-state index contributed by atoms with van der Waals surface area (Å²) in [4.78, 5) is 4.69. The molecule has 0 amide bonds. The van der Waals surface area contributed by atoms with Crippen LogP contribution in [0.15, 0.2) is 41.0 Å². The van der Waals surface area contributed by atoms with Crippen LogP contribution < -0.4 is 5.73 Å². The van der Waals surface area contributed by atoms with E-state index in [2.05, 4.69) is 34.8 Å². The minimum absolute atomic E-state index is 0.550. The van der Waals surface area contributed by atoms with E-state index >= 15 is 0 Å². The molecule has 1 aromatic carbocycles. The number of fused-ring (bicyclic) bond motifs is 1. The van der Waals surface area contributed by atoms with Crippen LogP contribution in [0.4, 0.5) is 0 Å². The summed E-state index contributed by atoms with van der Waals surface area (Å²) in [6.45, 7) is 0.550.